The Bertz CT molecular complexity index is 600. The van der Waals surface area contributed by atoms with Gasteiger partial charge in [0.2, 0.25) is 0 Å². The number of hydrogen-bond donors (Lipinski definition) is 2. The van der Waals surface area contributed by atoms with E-state index in [1.54, 1.807) is 24.3 Å². The summed E-state index contributed by atoms with van der Waals surface area (Å²) in [6, 6.07) is 4.93. The van der Waals surface area contributed by atoms with E-state index in [1.807, 2.05) is 6.92 Å². The minimum atomic E-state index is -0.937. The van der Waals surface area contributed by atoms with Gasteiger partial charge in [0.05, 0.1) is 5.56 Å². The number of carboxylic acids is 1. The zero-order valence-corrected chi connectivity index (χ0v) is 12.0. The van der Waals surface area contributed by atoms with Crippen LogP contribution in [0.5, 0.6) is 0 Å². The van der Waals surface area contributed by atoms with E-state index < -0.39 is 5.97 Å². The van der Waals surface area contributed by atoms with Crippen LogP contribution in [0.1, 0.15) is 42.6 Å². The Kier molecular flexibility index (Phi) is 3.66. The van der Waals surface area contributed by atoms with Crippen molar-refractivity contribution in [3.63, 3.8) is 0 Å². The monoisotopic (exact) mass is 273 g/mol. The molecular weight excluding hydrogens is 254 g/mol. The molecule has 1 aromatic rings. The van der Waals surface area contributed by atoms with Crippen LogP contribution in [0, 0.1) is 12.3 Å². The number of aromatic carboxylic acids is 1. The molecule has 4 heteroatoms. The van der Waals surface area contributed by atoms with Crippen molar-refractivity contribution in [3.05, 3.63) is 41.1 Å². The highest BCUT2D eigenvalue weighted by molar-refractivity contribution is 5.92. The molecule has 1 aliphatic carbocycles. The molecule has 0 spiro atoms. The number of hydrogen-bond acceptors (Lipinski definition) is 3. The predicted molar refractivity (Wildman–Crippen MR) is 77.9 cm³/mol. The normalized spacial score (nSPS) is 17.6. The number of rotatable bonds is 3. The number of benzene rings is 1. The summed E-state index contributed by atoms with van der Waals surface area (Å²) in [6.07, 6.45) is 3.02. The van der Waals surface area contributed by atoms with Crippen LogP contribution >= 0.6 is 0 Å². The van der Waals surface area contributed by atoms with Gasteiger partial charge >= 0.3 is 5.97 Å². The van der Waals surface area contributed by atoms with Crippen LogP contribution in [0.3, 0.4) is 0 Å². The van der Waals surface area contributed by atoms with Crippen molar-refractivity contribution >= 4 is 17.4 Å². The average Bonchev–Trinajstić information content (AvgIpc) is 2.28. The van der Waals surface area contributed by atoms with E-state index in [9.17, 15) is 9.59 Å². The fourth-order valence-corrected chi connectivity index (χ4v) is 2.54. The predicted octanol–water partition coefficient (Wildman–Crippen LogP) is 3.38. The van der Waals surface area contributed by atoms with Crippen molar-refractivity contribution in [2.24, 2.45) is 5.41 Å². The lowest BCUT2D eigenvalue weighted by molar-refractivity contribution is -0.117. The van der Waals surface area contributed by atoms with Crippen molar-refractivity contribution in [2.45, 2.75) is 33.6 Å². The van der Waals surface area contributed by atoms with Gasteiger partial charge in [0.15, 0.2) is 5.78 Å². The number of carboxylic acid groups (broad SMARTS) is 1. The van der Waals surface area contributed by atoms with Gasteiger partial charge in [-0.05, 0) is 42.5 Å². The molecule has 0 saturated carbocycles. The third-order valence-corrected chi connectivity index (χ3v) is 3.43. The maximum atomic E-state index is 11.7. The summed E-state index contributed by atoms with van der Waals surface area (Å²) in [4.78, 5) is 22.6. The van der Waals surface area contributed by atoms with Gasteiger partial charge in [-0.15, -0.1) is 0 Å². The number of carbonyl (C=O) groups is 2. The molecule has 0 bridgehead atoms. The first-order valence-corrected chi connectivity index (χ1v) is 6.61. The van der Waals surface area contributed by atoms with Crippen LogP contribution in [0.25, 0.3) is 0 Å². The molecule has 2 N–H and O–H groups in total. The second kappa shape index (κ2) is 5.12. The molecule has 20 heavy (non-hydrogen) atoms. The van der Waals surface area contributed by atoms with Crippen LogP contribution in [-0.2, 0) is 4.79 Å². The first-order chi connectivity index (χ1) is 9.27. The van der Waals surface area contributed by atoms with Gasteiger partial charge in [0.25, 0.3) is 0 Å². The average molecular weight is 273 g/mol. The Balaban J connectivity index is 2.22. The van der Waals surface area contributed by atoms with Crippen LogP contribution in [-0.4, -0.2) is 16.9 Å². The molecule has 4 nitrogen and oxygen atoms in total. The fourth-order valence-electron chi connectivity index (χ4n) is 2.54. The SMILES string of the molecule is Cc1cc(C(=O)O)ccc1NC1=CC(=O)CC(C)(C)C1. The second-order valence-corrected chi connectivity index (χ2v) is 6.11. The Labute approximate surface area is 118 Å². The third kappa shape index (κ3) is 3.26. The van der Waals surface area contributed by atoms with Crippen molar-refractivity contribution in [1.29, 1.82) is 0 Å². The molecule has 0 fully saturated rings. The van der Waals surface area contributed by atoms with Crippen molar-refractivity contribution < 1.29 is 14.7 Å². The van der Waals surface area contributed by atoms with Crippen LogP contribution in [0.15, 0.2) is 30.0 Å². The molecule has 0 heterocycles. The Morgan fingerprint density at radius 3 is 2.55 bits per heavy atom. The van der Waals surface area contributed by atoms with Gasteiger partial charge in [0, 0.05) is 23.9 Å². The van der Waals surface area contributed by atoms with Gasteiger partial charge in [-0.3, -0.25) is 4.79 Å². The number of allylic oxidation sites excluding steroid dienone is 2. The van der Waals surface area contributed by atoms with E-state index in [2.05, 4.69) is 19.2 Å². The lowest BCUT2D eigenvalue weighted by Gasteiger charge is -2.29. The Morgan fingerprint density at radius 1 is 1.30 bits per heavy atom. The van der Waals surface area contributed by atoms with Gasteiger partial charge in [0.1, 0.15) is 0 Å². The van der Waals surface area contributed by atoms with E-state index in [-0.39, 0.29) is 16.8 Å². The summed E-state index contributed by atoms with van der Waals surface area (Å²) in [6.45, 7) is 5.99. The molecule has 0 amide bonds. The molecule has 106 valence electrons. The first-order valence-electron chi connectivity index (χ1n) is 6.61. The van der Waals surface area contributed by atoms with Crippen molar-refractivity contribution in [1.82, 2.24) is 0 Å². The maximum absolute atomic E-state index is 11.7. The maximum Gasteiger partial charge on any atom is 0.335 e. The summed E-state index contributed by atoms with van der Waals surface area (Å²) < 4.78 is 0. The van der Waals surface area contributed by atoms with E-state index in [0.717, 1.165) is 23.4 Å². The summed E-state index contributed by atoms with van der Waals surface area (Å²) in [5, 5.41) is 12.2. The highest BCUT2D eigenvalue weighted by Crippen LogP contribution is 2.34. The smallest absolute Gasteiger partial charge is 0.335 e. The van der Waals surface area contributed by atoms with Gasteiger partial charge in [-0.25, -0.2) is 4.79 Å². The molecule has 0 saturated heterocycles. The van der Waals surface area contributed by atoms with Crippen LogP contribution in [0.4, 0.5) is 5.69 Å². The van der Waals surface area contributed by atoms with Crippen LogP contribution in [0.2, 0.25) is 0 Å². The van der Waals surface area contributed by atoms with E-state index in [1.165, 1.54) is 0 Å². The molecule has 1 aliphatic rings. The quantitative estimate of drug-likeness (QED) is 0.886. The Hall–Kier alpha value is -2.10. The molecular formula is C16H19NO3. The summed E-state index contributed by atoms with van der Waals surface area (Å²) >= 11 is 0. The molecule has 0 aromatic heterocycles. The lowest BCUT2D eigenvalue weighted by Crippen LogP contribution is -2.24. The number of ketones is 1. The molecule has 0 atom stereocenters. The Morgan fingerprint density at radius 2 is 2.00 bits per heavy atom. The molecule has 2 rings (SSSR count). The molecule has 0 aliphatic heterocycles. The topological polar surface area (TPSA) is 66.4 Å². The third-order valence-electron chi connectivity index (χ3n) is 3.43. The number of anilines is 1. The molecule has 1 aromatic carbocycles. The van der Waals surface area contributed by atoms with E-state index in [4.69, 9.17) is 5.11 Å². The van der Waals surface area contributed by atoms with E-state index in [0.29, 0.717) is 6.42 Å². The summed E-state index contributed by atoms with van der Waals surface area (Å²) in [5.41, 5.74) is 2.80. The first kappa shape index (κ1) is 14.3. The van der Waals surface area contributed by atoms with Gasteiger partial charge in [-0.1, -0.05) is 13.8 Å². The van der Waals surface area contributed by atoms with Gasteiger partial charge in [-0.2, -0.15) is 0 Å². The second-order valence-electron chi connectivity index (χ2n) is 6.11. The minimum absolute atomic E-state index is 0.0386. The lowest BCUT2D eigenvalue weighted by atomic mass is 9.79. The highest BCUT2D eigenvalue weighted by Gasteiger charge is 2.27. The molecule has 0 unspecified atom stereocenters. The standard InChI is InChI=1S/C16H19NO3/c1-10-6-11(15(19)20)4-5-14(10)17-12-7-13(18)9-16(2,3)8-12/h4-7,17H,8-9H2,1-3H3,(H,19,20). The number of carbonyl (C=O) groups excluding carboxylic acids is 1. The number of nitrogens with one attached hydrogen (secondary N) is 1. The van der Waals surface area contributed by atoms with Gasteiger partial charge < -0.3 is 10.4 Å². The number of aryl methyl sites for hydroxylation is 1. The highest BCUT2D eigenvalue weighted by atomic mass is 16.4. The largest absolute Gasteiger partial charge is 0.478 e. The zero-order valence-electron chi connectivity index (χ0n) is 12.0. The zero-order chi connectivity index (χ0) is 14.9. The van der Waals surface area contributed by atoms with Crippen molar-refractivity contribution in [2.75, 3.05) is 5.32 Å². The van der Waals surface area contributed by atoms with E-state index >= 15 is 0 Å². The van der Waals surface area contributed by atoms with Crippen LogP contribution < -0.4 is 5.32 Å². The van der Waals surface area contributed by atoms with Crippen molar-refractivity contribution in [3.8, 4) is 0 Å². The molecule has 0 radical (unpaired) electrons. The summed E-state index contributed by atoms with van der Waals surface area (Å²) in [7, 11) is 0. The summed E-state index contributed by atoms with van der Waals surface area (Å²) in [5.74, 6) is -0.809. The fraction of sp³-hybridized carbons (Fsp3) is 0.375. The minimum Gasteiger partial charge on any atom is -0.478 e.